The van der Waals surface area contributed by atoms with Gasteiger partial charge in [-0.2, -0.15) is 0 Å². The zero-order valence-corrected chi connectivity index (χ0v) is 14.7. The largest absolute Gasteiger partial charge is 0.343 e. The Morgan fingerprint density at radius 3 is 2.65 bits per heavy atom. The Morgan fingerprint density at radius 2 is 1.81 bits per heavy atom. The fraction of sp³-hybridized carbons (Fsp3) is 0.273. The molecular weight excluding hydrogens is 324 g/mol. The third-order valence-corrected chi connectivity index (χ3v) is 5.77. The Morgan fingerprint density at radius 1 is 1.04 bits per heavy atom. The van der Waals surface area contributed by atoms with E-state index in [1.54, 1.807) is 6.20 Å². The van der Waals surface area contributed by atoms with Gasteiger partial charge >= 0.3 is 0 Å². The van der Waals surface area contributed by atoms with Gasteiger partial charge in [0.05, 0.1) is 5.52 Å². The minimum Gasteiger partial charge on any atom is -0.343 e. The SMILES string of the molecule is C[C@H]1Cc2cccc3c(=O)c(C(=O)N4CCc5ccccc5C4)cn1c23. The lowest BCUT2D eigenvalue weighted by Gasteiger charge is -2.29. The lowest BCUT2D eigenvalue weighted by molar-refractivity contribution is 0.0732. The molecular formula is C22H20N2O2. The van der Waals surface area contributed by atoms with Gasteiger partial charge in [-0.05, 0) is 42.5 Å². The molecule has 0 saturated heterocycles. The number of pyridine rings is 1. The molecule has 0 aliphatic carbocycles. The maximum atomic E-state index is 13.2. The molecule has 0 N–H and O–H groups in total. The van der Waals surface area contributed by atoms with Crippen LogP contribution in [0.15, 0.2) is 53.5 Å². The molecule has 5 rings (SSSR count). The first-order valence-corrected chi connectivity index (χ1v) is 9.16. The molecule has 130 valence electrons. The number of hydrogen-bond donors (Lipinski definition) is 0. The Bertz CT molecular complexity index is 1110. The number of hydrogen-bond acceptors (Lipinski definition) is 2. The second-order valence-electron chi connectivity index (χ2n) is 7.39. The molecule has 0 saturated carbocycles. The summed E-state index contributed by atoms with van der Waals surface area (Å²) >= 11 is 0. The smallest absolute Gasteiger partial charge is 0.259 e. The van der Waals surface area contributed by atoms with E-state index in [-0.39, 0.29) is 17.4 Å². The van der Waals surface area contributed by atoms with Crippen LogP contribution in [0, 0.1) is 0 Å². The van der Waals surface area contributed by atoms with Crippen molar-refractivity contribution in [2.24, 2.45) is 0 Å². The molecule has 0 bridgehead atoms. The highest BCUT2D eigenvalue weighted by molar-refractivity contribution is 5.98. The predicted molar refractivity (Wildman–Crippen MR) is 102 cm³/mol. The first-order valence-electron chi connectivity index (χ1n) is 9.16. The lowest BCUT2D eigenvalue weighted by atomic mass is 9.99. The van der Waals surface area contributed by atoms with Gasteiger partial charge in [0.1, 0.15) is 5.56 Å². The predicted octanol–water partition coefficient (Wildman–Crippen LogP) is 3.32. The zero-order chi connectivity index (χ0) is 17.8. The van der Waals surface area contributed by atoms with Gasteiger partial charge in [-0.3, -0.25) is 9.59 Å². The van der Waals surface area contributed by atoms with Gasteiger partial charge < -0.3 is 9.47 Å². The summed E-state index contributed by atoms with van der Waals surface area (Å²) in [7, 11) is 0. The summed E-state index contributed by atoms with van der Waals surface area (Å²) in [6.45, 7) is 3.36. The van der Waals surface area contributed by atoms with Crippen LogP contribution in [0.4, 0.5) is 0 Å². The summed E-state index contributed by atoms with van der Waals surface area (Å²) in [6.07, 6.45) is 3.53. The molecule has 3 aromatic rings. The number of benzene rings is 2. The van der Waals surface area contributed by atoms with Crippen LogP contribution in [-0.2, 0) is 19.4 Å². The third-order valence-electron chi connectivity index (χ3n) is 5.77. The first-order chi connectivity index (χ1) is 12.6. The van der Waals surface area contributed by atoms with Crippen molar-refractivity contribution in [1.29, 1.82) is 0 Å². The number of fused-ring (bicyclic) bond motifs is 1. The van der Waals surface area contributed by atoms with Crippen molar-refractivity contribution in [3.8, 4) is 0 Å². The molecule has 2 aliphatic heterocycles. The summed E-state index contributed by atoms with van der Waals surface area (Å²) in [5.41, 5.74) is 4.80. The number of carbonyl (C=O) groups excluding carboxylic acids is 1. The third kappa shape index (κ3) is 2.15. The molecule has 4 nitrogen and oxygen atoms in total. The van der Waals surface area contributed by atoms with E-state index in [0.717, 1.165) is 18.4 Å². The Kier molecular flexibility index (Phi) is 3.29. The van der Waals surface area contributed by atoms with Crippen LogP contribution in [0.2, 0.25) is 0 Å². The van der Waals surface area contributed by atoms with E-state index in [0.29, 0.717) is 24.0 Å². The van der Waals surface area contributed by atoms with Gasteiger partial charge in [0.25, 0.3) is 5.91 Å². The summed E-state index contributed by atoms with van der Waals surface area (Å²) in [4.78, 5) is 28.0. The van der Waals surface area contributed by atoms with Gasteiger partial charge in [0.15, 0.2) is 0 Å². The van der Waals surface area contributed by atoms with Crippen LogP contribution < -0.4 is 5.43 Å². The van der Waals surface area contributed by atoms with Gasteiger partial charge in [-0.25, -0.2) is 0 Å². The topological polar surface area (TPSA) is 42.3 Å². The molecule has 0 radical (unpaired) electrons. The molecule has 26 heavy (non-hydrogen) atoms. The normalized spacial score (nSPS) is 18.2. The lowest BCUT2D eigenvalue weighted by Crippen LogP contribution is -2.38. The average molecular weight is 344 g/mol. The highest BCUT2D eigenvalue weighted by Gasteiger charge is 2.28. The van der Waals surface area contributed by atoms with Crippen molar-refractivity contribution < 1.29 is 4.79 Å². The molecule has 1 atom stereocenters. The van der Waals surface area contributed by atoms with Crippen LogP contribution >= 0.6 is 0 Å². The highest BCUT2D eigenvalue weighted by atomic mass is 16.2. The number of amides is 1. The van der Waals surface area contributed by atoms with Crippen molar-refractivity contribution in [3.05, 3.63) is 81.1 Å². The average Bonchev–Trinajstić information content (AvgIpc) is 2.99. The molecule has 0 fully saturated rings. The number of rotatable bonds is 1. The quantitative estimate of drug-likeness (QED) is 0.680. The molecule has 2 aromatic carbocycles. The molecule has 0 unspecified atom stereocenters. The second kappa shape index (κ2) is 5.56. The van der Waals surface area contributed by atoms with Gasteiger partial charge in [0, 0.05) is 30.7 Å². The minimum absolute atomic E-state index is 0.143. The Balaban J connectivity index is 1.60. The monoisotopic (exact) mass is 344 g/mol. The fourth-order valence-corrected chi connectivity index (χ4v) is 4.41. The van der Waals surface area contributed by atoms with Crippen LogP contribution in [0.1, 0.15) is 40.0 Å². The Hall–Kier alpha value is -2.88. The molecule has 1 amide bonds. The van der Waals surface area contributed by atoms with E-state index in [1.165, 1.54) is 16.7 Å². The molecule has 1 aromatic heterocycles. The van der Waals surface area contributed by atoms with Crippen molar-refractivity contribution >= 4 is 16.8 Å². The summed E-state index contributed by atoms with van der Waals surface area (Å²) in [5.74, 6) is -0.153. The highest BCUT2D eigenvalue weighted by Crippen LogP contribution is 2.31. The van der Waals surface area contributed by atoms with Gasteiger partial charge in [-0.15, -0.1) is 0 Å². The standard InChI is InChI=1S/C22H20N2O2/c1-14-11-16-7-4-8-18-20(16)24(14)13-19(21(18)25)22(26)23-10-9-15-5-2-3-6-17(15)12-23/h2-8,13-14H,9-12H2,1H3/t14-/m0/s1. The number of nitrogens with zero attached hydrogens (tertiary/aromatic N) is 2. The fourth-order valence-electron chi connectivity index (χ4n) is 4.41. The van der Waals surface area contributed by atoms with Gasteiger partial charge in [-0.1, -0.05) is 36.4 Å². The van der Waals surface area contributed by atoms with Crippen molar-refractivity contribution in [2.75, 3.05) is 6.54 Å². The maximum Gasteiger partial charge on any atom is 0.259 e. The van der Waals surface area contributed by atoms with Gasteiger partial charge in [0.2, 0.25) is 5.43 Å². The van der Waals surface area contributed by atoms with Crippen molar-refractivity contribution in [1.82, 2.24) is 9.47 Å². The van der Waals surface area contributed by atoms with Crippen LogP contribution in [0.25, 0.3) is 10.9 Å². The van der Waals surface area contributed by atoms with Crippen molar-refractivity contribution in [2.45, 2.75) is 32.4 Å². The van der Waals surface area contributed by atoms with Crippen molar-refractivity contribution in [3.63, 3.8) is 0 Å². The molecule has 4 heteroatoms. The Labute approximate surface area is 151 Å². The summed E-state index contributed by atoms with van der Waals surface area (Å²) < 4.78 is 2.11. The second-order valence-corrected chi connectivity index (χ2v) is 7.39. The maximum absolute atomic E-state index is 13.2. The summed E-state index contributed by atoms with van der Waals surface area (Å²) in [6, 6.07) is 14.3. The van der Waals surface area contributed by atoms with E-state index in [1.807, 2.05) is 29.2 Å². The van der Waals surface area contributed by atoms with Crippen LogP contribution in [-0.4, -0.2) is 21.9 Å². The number of aromatic nitrogens is 1. The first kappa shape index (κ1) is 15.4. The molecule has 0 spiro atoms. The minimum atomic E-state index is -0.153. The molecule has 2 aliphatic rings. The van der Waals surface area contributed by atoms with E-state index in [2.05, 4.69) is 29.7 Å². The van der Waals surface area contributed by atoms with Crippen LogP contribution in [0.5, 0.6) is 0 Å². The summed E-state index contributed by atoms with van der Waals surface area (Å²) in [5, 5.41) is 0.662. The van der Waals surface area contributed by atoms with E-state index < -0.39 is 0 Å². The van der Waals surface area contributed by atoms with Crippen LogP contribution in [0.3, 0.4) is 0 Å². The molecule has 3 heterocycles. The number of carbonyl (C=O) groups is 1. The van der Waals surface area contributed by atoms with E-state index >= 15 is 0 Å². The number of para-hydroxylation sites is 1. The van der Waals surface area contributed by atoms with E-state index in [9.17, 15) is 9.59 Å². The van der Waals surface area contributed by atoms with E-state index in [4.69, 9.17) is 0 Å². The zero-order valence-electron chi connectivity index (χ0n) is 14.7.